The molecule has 0 atom stereocenters. The molecule has 1 aromatic carbocycles. The minimum atomic E-state index is -4.49. The molecule has 0 aliphatic rings. The van der Waals surface area contributed by atoms with Gasteiger partial charge in [-0.1, -0.05) is 23.2 Å². The smallest absolute Gasteiger partial charge is 0.380 e. The zero-order valence-electron chi connectivity index (χ0n) is 11.2. The van der Waals surface area contributed by atoms with E-state index < -0.39 is 11.7 Å². The minimum Gasteiger partial charge on any atom is -0.380 e. The maximum Gasteiger partial charge on any atom is 0.418 e. The number of hydrogen-bond donors (Lipinski definition) is 1. The fourth-order valence-corrected chi connectivity index (χ4v) is 2.38. The quantitative estimate of drug-likeness (QED) is 0.882. The highest BCUT2D eigenvalue weighted by Crippen LogP contribution is 2.36. The highest BCUT2D eigenvalue weighted by Gasteiger charge is 2.33. The van der Waals surface area contributed by atoms with Crippen molar-refractivity contribution >= 4 is 28.9 Å². The third kappa shape index (κ3) is 3.44. The van der Waals surface area contributed by atoms with E-state index in [0.717, 1.165) is 6.07 Å². The monoisotopic (exact) mass is 337 g/mol. The van der Waals surface area contributed by atoms with E-state index in [1.54, 1.807) is 14.0 Å². The molecule has 21 heavy (non-hydrogen) atoms. The molecule has 0 fully saturated rings. The summed E-state index contributed by atoms with van der Waals surface area (Å²) in [5, 5.41) is 7.27. The average molecular weight is 338 g/mol. The molecule has 0 aliphatic heterocycles. The Bertz CT molecular complexity index is 665. The maximum atomic E-state index is 13.0. The predicted octanol–water partition coefficient (Wildman–Crippen LogP) is 4.67. The number of halogens is 5. The van der Waals surface area contributed by atoms with Gasteiger partial charge in [0.1, 0.15) is 5.15 Å². The number of hydrogen-bond acceptors (Lipinski definition) is 2. The summed E-state index contributed by atoms with van der Waals surface area (Å²) in [6, 6.07) is 3.59. The van der Waals surface area contributed by atoms with Crippen LogP contribution in [-0.4, -0.2) is 9.78 Å². The van der Waals surface area contributed by atoms with Gasteiger partial charge in [0, 0.05) is 29.9 Å². The summed E-state index contributed by atoms with van der Waals surface area (Å²) in [7, 11) is 1.67. The molecule has 0 aliphatic carbocycles. The van der Waals surface area contributed by atoms with Gasteiger partial charge >= 0.3 is 6.18 Å². The van der Waals surface area contributed by atoms with Crippen LogP contribution in [0.2, 0.25) is 10.2 Å². The second kappa shape index (κ2) is 5.77. The van der Waals surface area contributed by atoms with Crippen molar-refractivity contribution in [2.45, 2.75) is 19.6 Å². The molecule has 1 aromatic heterocycles. The Kier molecular flexibility index (Phi) is 4.39. The van der Waals surface area contributed by atoms with Crippen LogP contribution in [0.4, 0.5) is 18.9 Å². The van der Waals surface area contributed by atoms with Crippen LogP contribution in [0, 0.1) is 6.92 Å². The van der Waals surface area contributed by atoms with Crippen molar-refractivity contribution in [2.75, 3.05) is 5.32 Å². The lowest BCUT2D eigenvalue weighted by Crippen LogP contribution is -2.11. The van der Waals surface area contributed by atoms with Gasteiger partial charge in [0.15, 0.2) is 0 Å². The van der Waals surface area contributed by atoms with Gasteiger partial charge in [-0.25, -0.2) is 0 Å². The van der Waals surface area contributed by atoms with Crippen molar-refractivity contribution in [2.24, 2.45) is 7.05 Å². The van der Waals surface area contributed by atoms with Crippen molar-refractivity contribution in [3.05, 3.63) is 45.2 Å². The molecule has 0 radical (unpaired) electrons. The average Bonchev–Trinajstić information content (AvgIpc) is 2.61. The second-order valence-corrected chi connectivity index (χ2v) is 5.31. The normalized spacial score (nSPS) is 11.8. The number of benzene rings is 1. The maximum absolute atomic E-state index is 13.0. The molecule has 0 saturated heterocycles. The van der Waals surface area contributed by atoms with Gasteiger partial charge in [0.25, 0.3) is 0 Å². The first kappa shape index (κ1) is 16.0. The molecular weight excluding hydrogens is 326 g/mol. The Morgan fingerprint density at radius 3 is 2.48 bits per heavy atom. The lowest BCUT2D eigenvalue weighted by atomic mass is 10.1. The molecule has 0 saturated carbocycles. The Hall–Kier alpha value is -1.40. The van der Waals surface area contributed by atoms with Gasteiger partial charge in [-0.3, -0.25) is 4.68 Å². The predicted molar refractivity (Wildman–Crippen MR) is 76.7 cm³/mol. The van der Waals surface area contributed by atoms with Crippen LogP contribution in [-0.2, 0) is 19.8 Å². The summed E-state index contributed by atoms with van der Waals surface area (Å²) in [4.78, 5) is 0. The van der Waals surface area contributed by atoms with Crippen LogP contribution in [0.15, 0.2) is 18.2 Å². The Morgan fingerprint density at radius 2 is 1.95 bits per heavy atom. The van der Waals surface area contributed by atoms with Crippen LogP contribution >= 0.6 is 23.2 Å². The van der Waals surface area contributed by atoms with Gasteiger partial charge in [-0.15, -0.1) is 0 Å². The molecule has 0 amide bonds. The lowest BCUT2D eigenvalue weighted by Gasteiger charge is -2.15. The number of anilines is 1. The Balaban J connectivity index is 2.28. The highest BCUT2D eigenvalue weighted by atomic mass is 35.5. The molecular formula is C13H12Cl2F3N3. The molecule has 0 bridgehead atoms. The van der Waals surface area contributed by atoms with E-state index in [2.05, 4.69) is 10.4 Å². The summed E-state index contributed by atoms with van der Waals surface area (Å²) in [6.45, 7) is 1.89. The number of nitrogens with one attached hydrogen (secondary N) is 1. The van der Waals surface area contributed by atoms with Crippen molar-refractivity contribution in [3.63, 3.8) is 0 Å². The van der Waals surface area contributed by atoms with Crippen LogP contribution in [0.1, 0.15) is 16.8 Å². The summed E-state index contributed by atoms with van der Waals surface area (Å²) < 4.78 is 40.4. The summed E-state index contributed by atoms with van der Waals surface area (Å²) >= 11 is 11.7. The second-order valence-electron chi connectivity index (χ2n) is 4.52. The van der Waals surface area contributed by atoms with Gasteiger partial charge in [0.2, 0.25) is 0 Å². The van der Waals surface area contributed by atoms with Gasteiger partial charge < -0.3 is 5.32 Å². The lowest BCUT2D eigenvalue weighted by molar-refractivity contribution is -0.136. The van der Waals surface area contributed by atoms with E-state index >= 15 is 0 Å². The fraction of sp³-hybridized carbons (Fsp3) is 0.308. The number of alkyl halides is 3. The first-order chi connectivity index (χ1) is 9.70. The zero-order valence-corrected chi connectivity index (χ0v) is 12.7. The molecule has 0 spiro atoms. The number of rotatable bonds is 3. The summed E-state index contributed by atoms with van der Waals surface area (Å²) in [6.07, 6.45) is -4.49. The highest BCUT2D eigenvalue weighted by molar-refractivity contribution is 6.31. The standard InChI is InChI=1S/C13H12Cl2F3N3/c1-7-9(12(15)21(2)20-7)6-19-11-4-3-8(14)5-10(11)13(16,17)18/h3-5,19H,6H2,1-2H3. The van der Waals surface area contributed by atoms with Crippen molar-refractivity contribution in [1.29, 1.82) is 0 Å². The number of aromatic nitrogens is 2. The van der Waals surface area contributed by atoms with Crippen LogP contribution in [0.5, 0.6) is 0 Å². The van der Waals surface area contributed by atoms with Crippen LogP contribution in [0.25, 0.3) is 0 Å². The van der Waals surface area contributed by atoms with Gasteiger partial charge in [-0.05, 0) is 25.1 Å². The first-order valence-corrected chi connectivity index (χ1v) is 6.74. The zero-order chi connectivity index (χ0) is 15.8. The van der Waals surface area contributed by atoms with E-state index in [9.17, 15) is 13.2 Å². The number of nitrogens with zero attached hydrogens (tertiary/aromatic N) is 2. The largest absolute Gasteiger partial charge is 0.418 e. The van der Waals surface area contributed by atoms with Gasteiger partial charge in [0.05, 0.1) is 11.3 Å². The number of aryl methyl sites for hydroxylation is 2. The summed E-state index contributed by atoms with van der Waals surface area (Å²) in [5.74, 6) is 0. The topological polar surface area (TPSA) is 29.9 Å². The van der Waals surface area contributed by atoms with E-state index in [1.807, 2.05) is 0 Å². The van der Waals surface area contributed by atoms with Crippen molar-refractivity contribution in [3.8, 4) is 0 Å². The van der Waals surface area contributed by atoms with Crippen molar-refractivity contribution < 1.29 is 13.2 Å². The fourth-order valence-electron chi connectivity index (χ4n) is 1.96. The Morgan fingerprint density at radius 1 is 1.29 bits per heavy atom. The molecule has 1 N–H and O–H groups in total. The van der Waals surface area contributed by atoms with Crippen molar-refractivity contribution in [1.82, 2.24) is 9.78 Å². The molecule has 2 rings (SSSR count). The Labute approximate surface area is 129 Å². The first-order valence-electron chi connectivity index (χ1n) is 5.98. The third-order valence-electron chi connectivity index (χ3n) is 3.01. The molecule has 114 valence electrons. The van der Waals surface area contributed by atoms with Crippen LogP contribution in [0.3, 0.4) is 0 Å². The van der Waals surface area contributed by atoms with E-state index in [1.165, 1.54) is 16.8 Å². The molecule has 8 heteroatoms. The SMILES string of the molecule is Cc1nn(C)c(Cl)c1CNc1ccc(Cl)cc1C(F)(F)F. The molecule has 3 nitrogen and oxygen atoms in total. The van der Waals surface area contributed by atoms with Gasteiger partial charge in [-0.2, -0.15) is 18.3 Å². The molecule has 1 heterocycles. The minimum absolute atomic E-state index is 0.0310. The molecule has 0 unspecified atom stereocenters. The van der Waals surface area contributed by atoms with Crippen LogP contribution < -0.4 is 5.32 Å². The van der Waals surface area contributed by atoms with E-state index in [4.69, 9.17) is 23.2 Å². The van der Waals surface area contributed by atoms with E-state index in [-0.39, 0.29) is 17.3 Å². The third-order valence-corrected chi connectivity index (χ3v) is 3.72. The van der Waals surface area contributed by atoms with E-state index in [0.29, 0.717) is 16.4 Å². The molecule has 2 aromatic rings. The summed E-state index contributed by atoms with van der Waals surface area (Å²) in [5.41, 5.74) is 0.457.